The Morgan fingerprint density at radius 2 is 1.96 bits per heavy atom. The highest BCUT2D eigenvalue weighted by molar-refractivity contribution is 6.05. The van der Waals surface area contributed by atoms with Gasteiger partial charge in [0, 0.05) is 13.0 Å². The normalized spacial score (nSPS) is 21.0. The highest BCUT2D eigenvalue weighted by Crippen LogP contribution is 2.35. The molecule has 23 heavy (non-hydrogen) atoms. The summed E-state index contributed by atoms with van der Waals surface area (Å²) in [6.07, 6.45) is 0.302. The summed E-state index contributed by atoms with van der Waals surface area (Å²) >= 11 is 0. The Kier molecular flexibility index (Phi) is 3.66. The molecular formula is C16H16F2N2O3. The van der Waals surface area contributed by atoms with Crippen LogP contribution in [0.4, 0.5) is 8.78 Å². The van der Waals surface area contributed by atoms with Gasteiger partial charge in [-0.1, -0.05) is 13.8 Å². The summed E-state index contributed by atoms with van der Waals surface area (Å²) < 4.78 is 27.9. The summed E-state index contributed by atoms with van der Waals surface area (Å²) in [5.41, 5.74) is 0.689. The van der Waals surface area contributed by atoms with Crippen LogP contribution in [0.25, 0.3) is 0 Å². The van der Waals surface area contributed by atoms with E-state index in [1.165, 1.54) is 4.90 Å². The molecule has 5 nitrogen and oxygen atoms in total. The van der Waals surface area contributed by atoms with Crippen molar-refractivity contribution >= 4 is 17.7 Å². The molecule has 7 heteroatoms. The van der Waals surface area contributed by atoms with Crippen LogP contribution in [-0.4, -0.2) is 28.7 Å². The summed E-state index contributed by atoms with van der Waals surface area (Å²) in [5.74, 6) is -4.00. The Balaban J connectivity index is 2.02. The van der Waals surface area contributed by atoms with E-state index < -0.39 is 35.4 Å². The number of carbonyl (C=O) groups is 3. The van der Waals surface area contributed by atoms with Gasteiger partial charge in [0.15, 0.2) is 11.6 Å². The average molecular weight is 322 g/mol. The van der Waals surface area contributed by atoms with Gasteiger partial charge in [-0.25, -0.2) is 8.78 Å². The maximum atomic E-state index is 14.1. The fraction of sp³-hybridized carbons (Fsp3) is 0.438. The Morgan fingerprint density at radius 3 is 2.57 bits per heavy atom. The number of imide groups is 1. The smallest absolute Gasteiger partial charge is 0.258 e. The van der Waals surface area contributed by atoms with Gasteiger partial charge in [0.25, 0.3) is 5.91 Å². The predicted octanol–water partition coefficient (Wildman–Crippen LogP) is 1.85. The molecule has 0 spiro atoms. The van der Waals surface area contributed by atoms with Crippen molar-refractivity contribution < 1.29 is 23.2 Å². The van der Waals surface area contributed by atoms with Crippen molar-refractivity contribution in [3.8, 4) is 0 Å². The van der Waals surface area contributed by atoms with Gasteiger partial charge in [0.2, 0.25) is 11.8 Å². The molecule has 2 aliphatic heterocycles. The minimum atomic E-state index is -1.18. The number of nitrogens with one attached hydrogen (secondary N) is 1. The van der Waals surface area contributed by atoms with Gasteiger partial charge < -0.3 is 4.90 Å². The van der Waals surface area contributed by atoms with Gasteiger partial charge in [-0.05, 0) is 29.5 Å². The van der Waals surface area contributed by atoms with E-state index in [0.717, 1.165) is 6.07 Å². The highest BCUT2D eigenvalue weighted by atomic mass is 19.2. The number of fused-ring (bicyclic) bond motifs is 1. The fourth-order valence-corrected chi connectivity index (χ4v) is 3.21. The summed E-state index contributed by atoms with van der Waals surface area (Å²) in [7, 11) is 0. The van der Waals surface area contributed by atoms with Crippen molar-refractivity contribution in [3.05, 3.63) is 34.4 Å². The number of benzene rings is 1. The first-order valence-electron chi connectivity index (χ1n) is 7.46. The number of rotatable bonds is 2. The Morgan fingerprint density at radius 1 is 1.26 bits per heavy atom. The number of halogens is 2. The molecule has 1 aromatic carbocycles. The fourth-order valence-electron chi connectivity index (χ4n) is 3.21. The SMILES string of the molecule is CC(C)c1cc(F)c(F)c2c1CN([C@H]1CCC(=O)NC1=O)C2=O. The zero-order chi connectivity index (χ0) is 16.9. The van der Waals surface area contributed by atoms with Crippen molar-refractivity contribution in [3.63, 3.8) is 0 Å². The summed E-state index contributed by atoms with van der Waals surface area (Å²) in [6, 6.07) is 0.273. The first-order valence-corrected chi connectivity index (χ1v) is 7.46. The standard InChI is InChI=1S/C16H16F2N2O3/c1-7(2)8-5-10(17)14(18)13-9(8)6-20(16(13)23)11-3-4-12(21)19-15(11)22/h5,7,11H,3-4,6H2,1-2H3,(H,19,21,22)/t11-/m0/s1. The van der Waals surface area contributed by atoms with E-state index in [4.69, 9.17) is 0 Å². The molecule has 0 unspecified atom stereocenters. The minimum Gasteiger partial charge on any atom is -0.322 e. The summed E-state index contributed by atoms with van der Waals surface area (Å²) in [4.78, 5) is 36.9. The molecule has 0 aromatic heterocycles. The molecule has 0 bridgehead atoms. The van der Waals surface area contributed by atoms with Crippen LogP contribution in [-0.2, 0) is 16.1 Å². The van der Waals surface area contributed by atoms with Crippen LogP contribution in [0.1, 0.15) is 54.1 Å². The van der Waals surface area contributed by atoms with E-state index in [9.17, 15) is 23.2 Å². The number of carbonyl (C=O) groups excluding carboxylic acids is 3. The van der Waals surface area contributed by atoms with Gasteiger partial charge in [0.1, 0.15) is 6.04 Å². The van der Waals surface area contributed by atoms with Crippen molar-refractivity contribution in [1.29, 1.82) is 0 Å². The second-order valence-corrected chi connectivity index (χ2v) is 6.17. The number of nitrogens with zero attached hydrogens (tertiary/aromatic N) is 1. The zero-order valence-electron chi connectivity index (χ0n) is 12.8. The van der Waals surface area contributed by atoms with Crippen molar-refractivity contribution in [1.82, 2.24) is 10.2 Å². The topological polar surface area (TPSA) is 66.5 Å². The third kappa shape index (κ3) is 2.40. The van der Waals surface area contributed by atoms with E-state index in [0.29, 0.717) is 11.1 Å². The van der Waals surface area contributed by atoms with Gasteiger partial charge in [-0.2, -0.15) is 0 Å². The number of hydrogen-bond acceptors (Lipinski definition) is 3. The van der Waals surface area contributed by atoms with Crippen LogP contribution in [0.2, 0.25) is 0 Å². The monoisotopic (exact) mass is 322 g/mol. The van der Waals surface area contributed by atoms with Crippen LogP contribution in [0.3, 0.4) is 0 Å². The van der Waals surface area contributed by atoms with Crippen LogP contribution >= 0.6 is 0 Å². The summed E-state index contributed by atoms with van der Waals surface area (Å²) in [6.45, 7) is 3.70. The molecule has 1 fully saturated rings. The van der Waals surface area contributed by atoms with Crippen LogP contribution in [0.15, 0.2) is 6.07 Å². The molecular weight excluding hydrogens is 306 g/mol. The van der Waals surface area contributed by atoms with Crippen LogP contribution < -0.4 is 5.32 Å². The minimum absolute atomic E-state index is 0.0468. The Bertz CT molecular complexity index is 731. The molecule has 0 aliphatic carbocycles. The van der Waals surface area contributed by atoms with Crippen LogP contribution in [0, 0.1) is 11.6 Å². The first kappa shape index (κ1) is 15.6. The molecule has 2 aliphatic rings. The van der Waals surface area contributed by atoms with Crippen molar-refractivity contribution in [2.24, 2.45) is 0 Å². The molecule has 1 N–H and O–H groups in total. The molecule has 1 atom stereocenters. The number of amides is 3. The van der Waals surface area contributed by atoms with Gasteiger partial charge in [0.05, 0.1) is 5.56 Å². The molecule has 2 heterocycles. The predicted molar refractivity (Wildman–Crippen MR) is 76.5 cm³/mol. The largest absolute Gasteiger partial charge is 0.322 e. The first-order chi connectivity index (χ1) is 10.8. The third-order valence-corrected chi connectivity index (χ3v) is 4.37. The Labute approximate surface area is 131 Å². The molecule has 1 saturated heterocycles. The zero-order valence-corrected chi connectivity index (χ0v) is 12.8. The molecule has 122 valence electrons. The third-order valence-electron chi connectivity index (χ3n) is 4.37. The molecule has 0 radical (unpaired) electrons. The molecule has 3 amide bonds. The number of hydrogen-bond donors (Lipinski definition) is 1. The van der Waals surface area contributed by atoms with E-state index in [2.05, 4.69) is 5.32 Å². The van der Waals surface area contributed by atoms with Gasteiger partial charge in [-0.15, -0.1) is 0 Å². The maximum absolute atomic E-state index is 14.1. The lowest BCUT2D eigenvalue weighted by molar-refractivity contribution is -0.136. The van der Waals surface area contributed by atoms with E-state index >= 15 is 0 Å². The number of piperidine rings is 1. The second kappa shape index (κ2) is 5.40. The van der Waals surface area contributed by atoms with Crippen molar-refractivity contribution in [2.45, 2.75) is 45.2 Å². The lowest BCUT2D eigenvalue weighted by Gasteiger charge is -2.29. The van der Waals surface area contributed by atoms with Gasteiger partial charge in [-0.3, -0.25) is 19.7 Å². The average Bonchev–Trinajstić information content (AvgIpc) is 2.80. The van der Waals surface area contributed by atoms with Crippen molar-refractivity contribution in [2.75, 3.05) is 0 Å². The lowest BCUT2D eigenvalue weighted by atomic mass is 9.94. The molecule has 3 rings (SSSR count). The lowest BCUT2D eigenvalue weighted by Crippen LogP contribution is -2.52. The molecule has 0 saturated carbocycles. The second-order valence-electron chi connectivity index (χ2n) is 6.17. The maximum Gasteiger partial charge on any atom is 0.258 e. The van der Waals surface area contributed by atoms with Gasteiger partial charge >= 0.3 is 0 Å². The van der Waals surface area contributed by atoms with E-state index in [1.54, 1.807) is 0 Å². The summed E-state index contributed by atoms with van der Waals surface area (Å²) in [5, 5.41) is 2.18. The highest BCUT2D eigenvalue weighted by Gasteiger charge is 2.42. The molecule has 1 aromatic rings. The quantitative estimate of drug-likeness (QED) is 0.845. The van der Waals surface area contributed by atoms with E-state index in [-0.39, 0.29) is 30.9 Å². The van der Waals surface area contributed by atoms with Crippen LogP contribution in [0.5, 0.6) is 0 Å². The van der Waals surface area contributed by atoms with E-state index in [1.807, 2.05) is 13.8 Å². The Hall–Kier alpha value is -2.31.